The van der Waals surface area contributed by atoms with Crippen molar-refractivity contribution in [1.29, 1.82) is 0 Å². The number of aliphatic hydroxyl groups excluding tert-OH is 1. The fourth-order valence-electron chi connectivity index (χ4n) is 0.204. The number of rotatable bonds is 2. The monoisotopic (exact) mass is 246 g/mol. The summed E-state index contributed by atoms with van der Waals surface area (Å²) < 4.78 is 29.3. The first-order valence-corrected chi connectivity index (χ1v) is 3.58. The van der Waals surface area contributed by atoms with E-state index in [9.17, 15) is 13.0 Å². The first-order valence-electron chi connectivity index (χ1n) is 2.11. The summed E-state index contributed by atoms with van der Waals surface area (Å²) in [5, 5.41) is 8.29. The molecule has 0 rings (SSSR count). The molecule has 0 radical (unpaired) electrons. The Bertz CT molecular complexity index is 151. The third-order valence-electron chi connectivity index (χ3n) is 0.682. The molecular weight excluding hydrogens is 240 g/mol. The molecule has 1 unspecified atom stereocenters. The van der Waals surface area contributed by atoms with Gasteiger partial charge in [-0.2, -0.15) is 0 Å². The van der Waals surface area contributed by atoms with Crippen LogP contribution in [0.1, 0.15) is 13.3 Å². The van der Waals surface area contributed by atoms with E-state index in [1.54, 1.807) is 0 Å². The molecule has 0 saturated carbocycles. The molecule has 6 heteroatoms. The van der Waals surface area contributed by atoms with Crippen LogP contribution >= 0.6 is 0 Å². The second kappa shape index (κ2) is 4.43. The van der Waals surface area contributed by atoms with Gasteiger partial charge in [0, 0.05) is 0 Å². The Morgan fingerprint density at radius 3 is 2.00 bits per heavy atom. The van der Waals surface area contributed by atoms with E-state index >= 15 is 0 Å². The van der Waals surface area contributed by atoms with Crippen molar-refractivity contribution in [2.45, 2.75) is 18.8 Å². The van der Waals surface area contributed by atoms with Crippen LogP contribution in [0, 0.1) is 0 Å². The molecule has 0 aromatic carbocycles. The van der Waals surface area contributed by atoms with Crippen LogP contribution in [0.2, 0.25) is 0 Å². The molecule has 9 heavy (non-hydrogen) atoms. The quantitative estimate of drug-likeness (QED) is 0.514. The summed E-state index contributed by atoms with van der Waals surface area (Å²) in [6.07, 6.45) is -0.0498. The summed E-state index contributed by atoms with van der Waals surface area (Å²) >= 11 is 0. The van der Waals surface area contributed by atoms with Crippen LogP contribution in [-0.2, 0) is 32.5 Å². The summed E-state index contributed by atoms with van der Waals surface area (Å²) in [5.74, 6) is 0. The molecule has 0 aliphatic heterocycles. The molecule has 0 saturated heterocycles. The van der Waals surface area contributed by atoms with Gasteiger partial charge in [0.25, 0.3) is 0 Å². The zero-order valence-electron chi connectivity index (χ0n) is 4.67. The summed E-state index contributed by atoms with van der Waals surface area (Å²) in [6, 6.07) is 0. The van der Waals surface area contributed by atoms with E-state index < -0.39 is 15.6 Å². The molecular formula is C3H7AgO4S. The second-order valence-electron chi connectivity index (χ2n) is 1.36. The normalized spacial score (nSPS) is 14.1. The predicted octanol–water partition coefficient (Wildman–Crippen LogP) is -0.742. The van der Waals surface area contributed by atoms with Crippen molar-refractivity contribution in [3.63, 3.8) is 0 Å². The molecule has 60 valence electrons. The second-order valence-corrected chi connectivity index (χ2v) is 2.89. The average Bonchev–Trinajstić information content (AvgIpc) is 1.62. The van der Waals surface area contributed by atoms with Crippen LogP contribution < -0.4 is 0 Å². The number of aliphatic hydroxyl groups is 1. The van der Waals surface area contributed by atoms with E-state index in [4.69, 9.17) is 5.11 Å². The molecule has 4 nitrogen and oxygen atoms in total. The van der Waals surface area contributed by atoms with Crippen molar-refractivity contribution in [1.82, 2.24) is 0 Å². The predicted molar refractivity (Wildman–Crippen MR) is 26.0 cm³/mol. The SMILES string of the molecule is CCC(O)S(=O)(=O)[O-].[Ag+]. The van der Waals surface area contributed by atoms with Crippen LogP contribution in [0.15, 0.2) is 0 Å². The van der Waals surface area contributed by atoms with Gasteiger partial charge < -0.3 is 9.66 Å². The molecule has 0 aliphatic rings. The molecule has 0 spiro atoms. The van der Waals surface area contributed by atoms with Crippen molar-refractivity contribution in [3.05, 3.63) is 0 Å². The molecule has 0 amide bonds. The van der Waals surface area contributed by atoms with Crippen LogP contribution in [0.3, 0.4) is 0 Å². The summed E-state index contributed by atoms with van der Waals surface area (Å²) in [4.78, 5) is 0. The maximum atomic E-state index is 9.76. The largest absolute Gasteiger partial charge is 1.00 e. The minimum atomic E-state index is -4.45. The third-order valence-corrected chi connectivity index (χ3v) is 1.68. The van der Waals surface area contributed by atoms with Crippen molar-refractivity contribution in [2.75, 3.05) is 0 Å². The molecule has 0 aliphatic carbocycles. The molecule has 0 aromatic rings. The Morgan fingerprint density at radius 2 is 2.00 bits per heavy atom. The van der Waals surface area contributed by atoms with Gasteiger partial charge in [0.05, 0.1) is 0 Å². The average molecular weight is 247 g/mol. The van der Waals surface area contributed by atoms with Crippen LogP contribution in [0.5, 0.6) is 0 Å². The molecule has 1 atom stereocenters. The maximum Gasteiger partial charge on any atom is 1.00 e. The Hall–Kier alpha value is 0.610. The summed E-state index contributed by atoms with van der Waals surface area (Å²) in [6.45, 7) is 1.42. The van der Waals surface area contributed by atoms with Crippen molar-refractivity contribution >= 4 is 10.1 Å². The minimum Gasteiger partial charge on any atom is -0.746 e. The summed E-state index contributed by atoms with van der Waals surface area (Å²) in [7, 11) is -4.45. The van der Waals surface area contributed by atoms with Crippen molar-refractivity contribution in [2.24, 2.45) is 0 Å². The first kappa shape index (κ1) is 12.3. The van der Waals surface area contributed by atoms with Gasteiger partial charge in [-0.3, -0.25) is 0 Å². The van der Waals surface area contributed by atoms with E-state index in [0.717, 1.165) is 0 Å². The van der Waals surface area contributed by atoms with Crippen molar-refractivity contribution < 1.29 is 40.5 Å². The molecule has 0 fully saturated rings. The van der Waals surface area contributed by atoms with Gasteiger partial charge in [-0.1, -0.05) is 6.92 Å². The van der Waals surface area contributed by atoms with Gasteiger partial charge in [-0.15, -0.1) is 0 Å². The van der Waals surface area contributed by atoms with Crippen LogP contribution in [0.4, 0.5) is 0 Å². The Balaban J connectivity index is 0. The van der Waals surface area contributed by atoms with Gasteiger partial charge in [-0.05, 0) is 6.42 Å². The molecule has 1 N–H and O–H groups in total. The smallest absolute Gasteiger partial charge is 0.746 e. The van der Waals surface area contributed by atoms with Crippen molar-refractivity contribution in [3.8, 4) is 0 Å². The third kappa shape index (κ3) is 5.07. The Morgan fingerprint density at radius 1 is 1.67 bits per heavy atom. The topological polar surface area (TPSA) is 77.4 Å². The van der Waals surface area contributed by atoms with Crippen LogP contribution in [-0.4, -0.2) is 23.5 Å². The zero-order chi connectivity index (χ0) is 6.78. The number of hydrogen-bond acceptors (Lipinski definition) is 4. The van der Waals surface area contributed by atoms with E-state index in [-0.39, 0.29) is 28.8 Å². The Kier molecular flexibility index (Phi) is 6.05. The fourth-order valence-corrected chi connectivity index (χ4v) is 0.612. The maximum absolute atomic E-state index is 9.76. The molecule has 0 bridgehead atoms. The van der Waals surface area contributed by atoms with E-state index in [0.29, 0.717) is 0 Å². The summed E-state index contributed by atoms with van der Waals surface area (Å²) in [5.41, 5.74) is -1.73. The zero-order valence-corrected chi connectivity index (χ0v) is 6.96. The van der Waals surface area contributed by atoms with Crippen LogP contribution in [0.25, 0.3) is 0 Å². The van der Waals surface area contributed by atoms with E-state index in [1.165, 1.54) is 6.92 Å². The fraction of sp³-hybridized carbons (Fsp3) is 1.00. The van der Waals surface area contributed by atoms with E-state index in [1.807, 2.05) is 0 Å². The van der Waals surface area contributed by atoms with Gasteiger partial charge in [0.2, 0.25) is 0 Å². The standard InChI is InChI=1S/C3H8O4S.Ag/c1-2-3(4)8(5,6)7;/h3-4H,2H2,1H3,(H,5,6,7);/q;+1/p-1. The van der Waals surface area contributed by atoms with Gasteiger partial charge in [0.1, 0.15) is 15.6 Å². The Labute approximate surface area is 69.5 Å². The first-order chi connectivity index (χ1) is 3.48. The van der Waals surface area contributed by atoms with E-state index in [2.05, 4.69) is 0 Å². The molecule has 0 aromatic heterocycles. The minimum absolute atomic E-state index is 0. The molecule has 0 heterocycles. The van der Waals surface area contributed by atoms with Gasteiger partial charge in [-0.25, -0.2) is 8.42 Å². The van der Waals surface area contributed by atoms with Gasteiger partial charge >= 0.3 is 22.4 Å². The number of hydrogen-bond donors (Lipinski definition) is 1. The van der Waals surface area contributed by atoms with Gasteiger partial charge in [0.15, 0.2) is 0 Å².